The third-order valence-corrected chi connectivity index (χ3v) is 2.55. The molecule has 1 aliphatic heterocycles. The van der Waals surface area contributed by atoms with Gasteiger partial charge in [0.15, 0.2) is 0 Å². The quantitative estimate of drug-likeness (QED) is 0.474. The van der Waals surface area contributed by atoms with Crippen molar-refractivity contribution in [2.45, 2.75) is 11.7 Å². The van der Waals surface area contributed by atoms with E-state index >= 15 is 0 Å². The fourth-order valence-electron chi connectivity index (χ4n) is 1.05. The second kappa shape index (κ2) is 2.77. The summed E-state index contributed by atoms with van der Waals surface area (Å²) in [6.07, 6.45) is 0.798. The largest absolute Gasteiger partial charge is 0.772 e. The highest BCUT2D eigenvalue weighted by Gasteiger charge is 2.19. The van der Waals surface area contributed by atoms with E-state index in [1.54, 1.807) is 0 Å². The summed E-state index contributed by atoms with van der Waals surface area (Å²) in [7, 11) is 1.94. The van der Waals surface area contributed by atoms with Crippen molar-refractivity contribution in [2.75, 3.05) is 20.1 Å². The highest BCUT2D eigenvalue weighted by Crippen LogP contribution is 2.10. The number of hydrogen-bond donors (Lipinski definition) is 0. The van der Waals surface area contributed by atoms with Gasteiger partial charge in [0, 0.05) is 11.8 Å². The van der Waals surface area contributed by atoms with Crippen LogP contribution in [0.4, 0.5) is 0 Å². The fourth-order valence-corrected chi connectivity index (χ4v) is 1.73. The van der Waals surface area contributed by atoms with Crippen LogP contribution in [0.5, 0.6) is 0 Å². The van der Waals surface area contributed by atoms with E-state index in [4.69, 9.17) is 0 Å². The summed E-state index contributed by atoms with van der Waals surface area (Å²) < 4.78 is 20.6. The molecule has 1 rings (SSSR count). The number of nitrogens with zero attached hydrogens (tertiary/aromatic N) is 1. The summed E-state index contributed by atoms with van der Waals surface area (Å²) in [6, 6.07) is 0. The van der Waals surface area contributed by atoms with Crippen LogP contribution in [-0.2, 0) is 11.1 Å². The molecule has 1 saturated heterocycles. The van der Waals surface area contributed by atoms with Crippen LogP contribution in [0, 0.1) is 0 Å². The van der Waals surface area contributed by atoms with E-state index in [-0.39, 0.29) is 5.25 Å². The standard InChI is InChI=1S/C5H11NO2S/c1-6-3-2-5(4-6)9(7)8/h5H,2-4H2,1H3,(H,7,8)/p-1/t5-/m1/s1. The molecule has 0 aromatic carbocycles. The molecule has 1 fully saturated rings. The van der Waals surface area contributed by atoms with Crippen molar-refractivity contribution >= 4 is 11.1 Å². The zero-order valence-electron chi connectivity index (χ0n) is 5.37. The lowest BCUT2D eigenvalue weighted by atomic mass is 10.4. The van der Waals surface area contributed by atoms with Gasteiger partial charge in [-0.3, -0.25) is 4.21 Å². The van der Waals surface area contributed by atoms with Gasteiger partial charge >= 0.3 is 0 Å². The Bertz CT molecular complexity index is 128. The topological polar surface area (TPSA) is 43.4 Å². The first-order valence-corrected chi connectivity index (χ1v) is 4.10. The minimum atomic E-state index is -1.85. The Morgan fingerprint density at radius 2 is 2.44 bits per heavy atom. The van der Waals surface area contributed by atoms with Crippen molar-refractivity contribution < 1.29 is 8.76 Å². The Morgan fingerprint density at radius 1 is 1.78 bits per heavy atom. The molecular weight excluding hydrogens is 138 g/mol. The van der Waals surface area contributed by atoms with Gasteiger partial charge in [-0.1, -0.05) is 11.1 Å². The van der Waals surface area contributed by atoms with Crippen LogP contribution in [0.2, 0.25) is 0 Å². The summed E-state index contributed by atoms with van der Waals surface area (Å²) in [6.45, 7) is 1.62. The Morgan fingerprint density at radius 3 is 2.67 bits per heavy atom. The van der Waals surface area contributed by atoms with Crippen molar-refractivity contribution in [2.24, 2.45) is 0 Å². The average molecular weight is 148 g/mol. The molecule has 0 aliphatic carbocycles. The van der Waals surface area contributed by atoms with E-state index in [2.05, 4.69) is 0 Å². The molecule has 54 valence electrons. The molecule has 0 bridgehead atoms. The van der Waals surface area contributed by atoms with Gasteiger partial charge in [0.1, 0.15) is 0 Å². The van der Waals surface area contributed by atoms with Gasteiger partial charge in [-0.2, -0.15) is 0 Å². The third-order valence-electron chi connectivity index (χ3n) is 1.62. The molecule has 3 nitrogen and oxygen atoms in total. The van der Waals surface area contributed by atoms with Crippen molar-refractivity contribution in [3.63, 3.8) is 0 Å². The normalized spacial score (nSPS) is 32.9. The predicted octanol–water partition coefficient (Wildman–Crippen LogP) is -0.430. The Balaban J connectivity index is 2.39. The van der Waals surface area contributed by atoms with Crippen LogP contribution in [0.1, 0.15) is 6.42 Å². The van der Waals surface area contributed by atoms with Crippen molar-refractivity contribution in [1.82, 2.24) is 4.90 Å². The van der Waals surface area contributed by atoms with Crippen molar-refractivity contribution in [3.8, 4) is 0 Å². The molecule has 1 unspecified atom stereocenters. The molecule has 9 heavy (non-hydrogen) atoms. The first kappa shape index (κ1) is 7.18. The van der Waals surface area contributed by atoms with Crippen molar-refractivity contribution in [3.05, 3.63) is 0 Å². The molecule has 1 aliphatic rings. The molecule has 2 atom stereocenters. The maximum absolute atomic E-state index is 10.3. The van der Waals surface area contributed by atoms with Gasteiger partial charge in [-0.05, 0) is 20.0 Å². The zero-order chi connectivity index (χ0) is 6.85. The first-order valence-electron chi connectivity index (χ1n) is 2.97. The fraction of sp³-hybridized carbons (Fsp3) is 1.00. The summed E-state index contributed by atoms with van der Waals surface area (Å²) in [5.41, 5.74) is 0. The van der Waals surface area contributed by atoms with Crippen LogP contribution in [-0.4, -0.2) is 39.0 Å². The lowest BCUT2D eigenvalue weighted by molar-refractivity contribution is 0.416. The van der Waals surface area contributed by atoms with Crippen molar-refractivity contribution in [1.29, 1.82) is 0 Å². The average Bonchev–Trinajstić information content (AvgIpc) is 2.14. The van der Waals surface area contributed by atoms with Gasteiger partial charge in [-0.15, -0.1) is 0 Å². The summed E-state index contributed by atoms with van der Waals surface area (Å²) in [5, 5.41) is -0.116. The molecule has 0 saturated carbocycles. The smallest absolute Gasteiger partial charge is 0.0355 e. The second-order valence-electron chi connectivity index (χ2n) is 2.43. The molecule has 0 spiro atoms. The molecule has 0 radical (unpaired) electrons. The number of likely N-dealkylation sites (tertiary alicyclic amines) is 1. The Labute approximate surface area is 57.3 Å². The zero-order valence-corrected chi connectivity index (χ0v) is 6.19. The summed E-state index contributed by atoms with van der Waals surface area (Å²) >= 11 is -1.85. The van der Waals surface area contributed by atoms with Crippen LogP contribution < -0.4 is 0 Å². The second-order valence-corrected chi connectivity index (χ2v) is 3.62. The van der Waals surface area contributed by atoms with E-state index in [1.807, 2.05) is 11.9 Å². The Hall–Kier alpha value is 0.0700. The van der Waals surface area contributed by atoms with E-state index < -0.39 is 11.1 Å². The minimum absolute atomic E-state index is 0.116. The summed E-state index contributed by atoms with van der Waals surface area (Å²) in [4.78, 5) is 2.03. The highest BCUT2D eigenvalue weighted by molar-refractivity contribution is 7.79. The lowest BCUT2D eigenvalue weighted by Gasteiger charge is -2.12. The predicted molar refractivity (Wildman–Crippen MR) is 34.8 cm³/mol. The van der Waals surface area contributed by atoms with Gasteiger partial charge in [0.25, 0.3) is 0 Å². The highest BCUT2D eigenvalue weighted by atomic mass is 32.2. The lowest BCUT2D eigenvalue weighted by Crippen LogP contribution is -2.19. The molecule has 0 N–H and O–H groups in total. The van der Waals surface area contributed by atoms with Gasteiger partial charge in [0.2, 0.25) is 0 Å². The third kappa shape index (κ3) is 1.74. The van der Waals surface area contributed by atoms with Crippen LogP contribution in [0.15, 0.2) is 0 Å². The van der Waals surface area contributed by atoms with Gasteiger partial charge in [-0.25, -0.2) is 0 Å². The minimum Gasteiger partial charge on any atom is -0.772 e. The summed E-state index contributed by atoms with van der Waals surface area (Å²) in [5.74, 6) is 0. The molecule has 0 aromatic heterocycles. The molecule has 0 aromatic rings. The molecule has 1 heterocycles. The van der Waals surface area contributed by atoms with E-state index in [1.165, 1.54) is 0 Å². The van der Waals surface area contributed by atoms with E-state index in [0.717, 1.165) is 13.0 Å². The number of hydrogen-bond acceptors (Lipinski definition) is 3. The molecule has 0 amide bonds. The van der Waals surface area contributed by atoms with Crippen LogP contribution >= 0.6 is 0 Å². The van der Waals surface area contributed by atoms with Gasteiger partial charge in [0.05, 0.1) is 0 Å². The Kier molecular flexibility index (Phi) is 2.21. The van der Waals surface area contributed by atoms with Gasteiger partial charge < -0.3 is 9.45 Å². The van der Waals surface area contributed by atoms with Crippen LogP contribution in [0.25, 0.3) is 0 Å². The SMILES string of the molecule is CN1CC[C@@H](S(=O)[O-])C1. The molecule has 4 heteroatoms. The maximum atomic E-state index is 10.3. The maximum Gasteiger partial charge on any atom is 0.0355 e. The van der Waals surface area contributed by atoms with Crippen LogP contribution in [0.3, 0.4) is 0 Å². The van der Waals surface area contributed by atoms with E-state index in [0.29, 0.717) is 6.54 Å². The van der Waals surface area contributed by atoms with E-state index in [9.17, 15) is 8.76 Å². The first-order chi connectivity index (χ1) is 4.20. The monoisotopic (exact) mass is 148 g/mol. The molecular formula is C5H10NO2S-. The number of rotatable bonds is 1.